The molecule has 1 aromatic rings. The molecule has 0 aliphatic heterocycles. The lowest BCUT2D eigenvalue weighted by atomic mass is 10.2. The number of ether oxygens (including phenoxy) is 1. The van der Waals surface area contributed by atoms with Crippen LogP contribution in [-0.4, -0.2) is 52.1 Å². The Kier molecular flexibility index (Phi) is 7.84. The fourth-order valence-corrected chi connectivity index (χ4v) is 3.77. The minimum absolute atomic E-state index is 0.0295. The van der Waals surface area contributed by atoms with E-state index in [1.165, 1.54) is 24.3 Å². The summed E-state index contributed by atoms with van der Waals surface area (Å²) in [5.74, 6) is -1.000. The number of aliphatic carboxylic acids is 1. The molecule has 0 fully saturated rings. The van der Waals surface area contributed by atoms with Crippen molar-refractivity contribution >= 4 is 25.8 Å². The van der Waals surface area contributed by atoms with Gasteiger partial charge in [-0.15, -0.1) is 0 Å². The predicted octanol–water partition coefficient (Wildman–Crippen LogP) is 1.03. The molecule has 0 aromatic heterocycles. The van der Waals surface area contributed by atoms with E-state index in [9.17, 15) is 21.6 Å². The zero-order valence-electron chi connectivity index (χ0n) is 14.1. The molecule has 10 heteroatoms. The molecule has 8 nitrogen and oxygen atoms in total. The Morgan fingerprint density at radius 1 is 1.16 bits per heavy atom. The van der Waals surface area contributed by atoms with Gasteiger partial charge in [0.2, 0.25) is 10.0 Å². The predicted molar refractivity (Wildman–Crippen MR) is 92.9 cm³/mol. The van der Waals surface area contributed by atoms with Crippen molar-refractivity contribution < 1.29 is 31.5 Å². The average Bonchev–Trinajstić information content (AvgIpc) is 2.54. The third-order valence-corrected chi connectivity index (χ3v) is 6.57. The Balaban J connectivity index is 2.75. The third-order valence-electron chi connectivity index (χ3n) is 3.41. The number of carboxylic acid groups (broad SMARTS) is 1. The summed E-state index contributed by atoms with van der Waals surface area (Å²) in [5, 5.41) is 9.05. The summed E-state index contributed by atoms with van der Waals surface area (Å²) in [6, 6.07) is 4.14. The van der Waals surface area contributed by atoms with Crippen LogP contribution >= 0.6 is 0 Å². The first-order valence-corrected chi connectivity index (χ1v) is 11.1. The van der Waals surface area contributed by atoms with Gasteiger partial charge in [0.25, 0.3) is 0 Å². The standard InChI is InChI=1S/C15H23NO7S2/c1-3-5-14(15(17)18)16-25(21,22)13-8-6-12(7-9-13)23-10-11-24(19,20)4-2/h6-9,14,16H,3-5,10-11H2,1-2H3,(H,17,18). The Morgan fingerprint density at radius 2 is 1.76 bits per heavy atom. The third kappa shape index (κ3) is 7.00. The molecule has 1 aromatic carbocycles. The monoisotopic (exact) mass is 393 g/mol. The molecule has 0 amide bonds. The molecule has 25 heavy (non-hydrogen) atoms. The Bertz CT molecular complexity index is 771. The summed E-state index contributed by atoms with van der Waals surface area (Å²) in [4.78, 5) is 11.0. The fourth-order valence-electron chi connectivity index (χ4n) is 1.92. The highest BCUT2D eigenvalue weighted by Gasteiger charge is 2.24. The number of benzene rings is 1. The molecular formula is C15H23NO7S2. The second kappa shape index (κ2) is 9.16. The van der Waals surface area contributed by atoms with Crippen LogP contribution in [0.2, 0.25) is 0 Å². The van der Waals surface area contributed by atoms with Gasteiger partial charge >= 0.3 is 5.97 Å². The number of hydrogen-bond acceptors (Lipinski definition) is 6. The first-order valence-electron chi connectivity index (χ1n) is 7.79. The minimum Gasteiger partial charge on any atom is -0.493 e. The Labute approximate surface area is 148 Å². The summed E-state index contributed by atoms with van der Waals surface area (Å²) in [5.41, 5.74) is 0. The summed E-state index contributed by atoms with van der Waals surface area (Å²) >= 11 is 0. The SMILES string of the molecule is CCCC(NS(=O)(=O)c1ccc(OCCS(=O)(=O)CC)cc1)C(=O)O. The molecule has 2 N–H and O–H groups in total. The number of sulfonamides is 1. The number of carbonyl (C=O) groups is 1. The van der Waals surface area contributed by atoms with Crippen molar-refractivity contribution in [3.05, 3.63) is 24.3 Å². The van der Waals surface area contributed by atoms with Gasteiger partial charge < -0.3 is 9.84 Å². The van der Waals surface area contributed by atoms with Crippen molar-refractivity contribution in [3.8, 4) is 5.75 Å². The van der Waals surface area contributed by atoms with Crippen LogP contribution in [0.25, 0.3) is 0 Å². The number of hydrogen-bond donors (Lipinski definition) is 2. The van der Waals surface area contributed by atoms with Gasteiger partial charge in [0.1, 0.15) is 18.4 Å². The molecule has 0 heterocycles. The van der Waals surface area contributed by atoms with Crippen molar-refractivity contribution in [2.24, 2.45) is 0 Å². The van der Waals surface area contributed by atoms with Crippen LogP contribution in [0.5, 0.6) is 5.75 Å². The molecule has 0 saturated heterocycles. The van der Waals surface area contributed by atoms with E-state index in [0.29, 0.717) is 12.2 Å². The van der Waals surface area contributed by atoms with E-state index >= 15 is 0 Å². The van der Waals surface area contributed by atoms with Gasteiger partial charge in [0, 0.05) is 5.75 Å². The maximum Gasteiger partial charge on any atom is 0.321 e. The minimum atomic E-state index is -3.97. The largest absolute Gasteiger partial charge is 0.493 e. The van der Waals surface area contributed by atoms with E-state index < -0.39 is 31.9 Å². The quantitative estimate of drug-likeness (QED) is 0.575. The highest BCUT2D eigenvalue weighted by molar-refractivity contribution is 7.91. The molecule has 1 unspecified atom stereocenters. The van der Waals surface area contributed by atoms with Crippen LogP contribution in [0.4, 0.5) is 0 Å². The number of rotatable bonds is 11. The maximum absolute atomic E-state index is 12.2. The van der Waals surface area contributed by atoms with Crippen LogP contribution in [0.1, 0.15) is 26.7 Å². The second-order valence-electron chi connectivity index (χ2n) is 5.36. The molecule has 1 rings (SSSR count). The highest BCUT2D eigenvalue weighted by Crippen LogP contribution is 2.17. The molecule has 0 aliphatic rings. The van der Waals surface area contributed by atoms with Crippen LogP contribution < -0.4 is 9.46 Å². The van der Waals surface area contributed by atoms with E-state index in [4.69, 9.17) is 9.84 Å². The van der Waals surface area contributed by atoms with Crippen molar-refractivity contribution in [2.75, 3.05) is 18.1 Å². The normalized spacial score (nSPS) is 13.4. The summed E-state index contributed by atoms with van der Waals surface area (Å²) in [6.45, 7) is 3.28. The van der Waals surface area contributed by atoms with Crippen molar-refractivity contribution in [1.29, 1.82) is 0 Å². The van der Waals surface area contributed by atoms with Crippen LogP contribution in [0.3, 0.4) is 0 Å². The molecule has 0 spiro atoms. The second-order valence-corrected chi connectivity index (χ2v) is 9.54. The average molecular weight is 393 g/mol. The summed E-state index contributed by atoms with van der Waals surface area (Å²) in [6.07, 6.45) is 0.703. The molecule has 0 saturated carbocycles. The topological polar surface area (TPSA) is 127 Å². The van der Waals surface area contributed by atoms with Gasteiger partial charge in [0.15, 0.2) is 9.84 Å². The van der Waals surface area contributed by atoms with E-state index in [0.717, 1.165) is 0 Å². The van der Waals surface area contributed by atoms with Crippen molar-refractivity contribution in [1.82, 2.24) is 4.72 Å². The lowest BCUT2D eigenvalue weighted by molar-refractivity contribution is -0.139. The smallest absolute Gasteiger partial charge is 0.321 e. The number of nitrogens with one attached hydrogen (secondary N) is 1. The molecule has 1 atom stereocenters. The van der Waals surface area contributed by atoms with Gasteiger partial charge in [0.05, 0.1) is 10.6 Å². The van der Waals surface area contributed by atoms with Crippen molar-refractivity contribution in [2.45, 2.75) is 37.6 Å². The highest BCUT2D eigenvalue weighted by atomic mass is 32.2. The van der Waals surface area contributed by atoms with Crippen LogP contribution in [0, 0.1) is 0 Å². The van der Waals surface area contributed by atoms with Crippen LogP contribution in [0.15, 0.2) is 29.2 Å². The summed E-state index contributed by atoms with van der Waals surface area (Å²) < 4.78 is 54.6. The Morgan fingerprint density at radius 3 is 2.24 bits per heavy atom. The molecule has 142 valence electrons. The Hall–Kier alpha value is -1.65. The molecule has 0 bridgehead atoms. The maximum atomic E-state index is 12.2. The van der Waals surface area contributed by atoms with Gasteiger partial charge in [-0.2, -0.15) is 4.72 Å². The molecule has 0 aliphatic carbocycles. The zero-order valence-corrected chi connectivity index (χ0v) is 15.8. The molecule has 0 radical (unpaired) electrons. The van der Waals surface area contributed by atoms with Gasteiger partial charge in [-0.3, -0.25) is 4.79 Å². The summed E-state index contributed by atoms with van der Waals surface area (Å²) in [7, 11) is -7.11. The number of sulfone groups is 1. The lowest BCUT2D eigenvalue weighted by Gasteiger charge is -2.14. The first-order chi connectivity index (χ1) is 11.6. The zero-order chi connectivity index (χ0) is 19.1. The first kappa shape index (κ1) is 21.4. The van der Waals surface area contributed by atoms with E-state index in [2.05, 4.69) is 4.72 Å². The van der Waals surface area contributed by atoms with Crippen molar-refractivity contribution in [3.63, 3.8) is 0 Å². The van der Waals surface area contributed by atoms with E-state index in [-0.39, 0.29) is 29.4 Å². The van der Waals surface area contributed by atoms with Gasteiger partial charge in [-0.25, -0.2) is 16.8 Å². The van der Waals surface area contributed by atoms with Gasteiger partial charge in [-0.05, 0) is 30.7 Å². The fraction of sp³-hybridized carbons (Fsp3) is 0.533. The van der Waals surface area contributed by atoms with E-state index in [1.54, 1.807) is 13.8 Å². The lowest BCUT2D eigenvalue weighted by Crippen LogP contribution is -2.40. The molecular weight excluding hydrogens is 370 g/mol. The number of carboxylic acids is 1. The van der Waals surface area contributed by atoms with Gasteiger partial charge in [-0.1, -0.05) is 20.3 Å². The van der Waals surface area contributed by atoms with E-state index in [1.807, 2.05) is 0 Å². The van der Waals surface area contributed by atoms with Crippen LogP contribution in [-0.2, 0) is 24.7 Å².